The molecule has 1 N–H and O–H groups in total. The molecule has 0 aliphatic carbocycles. The predicted octanol–water partition coefficient (Wildman–Crippen LogP) is 2.43. The molecule has 2 nitrogen and oxygen atoms in total. The van der Waals surface area contributed by atoms with Crippen molar-refractivity contribution >= 4 is 27.9 Å². The first-order chi connectivity index (χ1) is 6.92. The average Bonchev–Trinajstić information content (AvgIpc) is 2.26. The SMILES string of the molecule is Br.C=CCN[n+]1cccc2ccccc21. The van der Waals surface area contributed by atoms with Gasteiger partial charge in [-0.3, -0.25) is 0 Å². The lowest BCUT2D eigenvalue weighted by atomic mass is 10.2. The van der Waals surface area contributed by atoms with Crippen molar-refractivity contribution in [1.82, 2.24) is 0 Å². The van der Waals surface area contributed by atoms with E-state index >= 15 is 0 Å². The second-order valence-corrected chi connectivity index (χ2v) is 3.09. The summed E-state index contributed by atoms with van der Waals surface area (Å²) in [4.78, 5) is 0. The summed E-state index contributed by atoms with van der Waals surface area (Å²) in [6.45, 7) is 4.44. The molecule has 15 heavy (non-hydrogen) atoms. The fourth-order valence-corrected chi connectivity index (χ4v) is 1.46. The maximum Gasteiger partial charge on any atom is 0.242 e. The van der Waals surface area contributed by atoms with Gasteiger partial charge < -0.3 is 0 Å². The third kappa shape index (κ3) is 2.57. The molecule has 3 heteroatoms. The Bertz CT molecular complexity index is 449. The fraction of sp³-hybridized carbons (Fsp3) is 0.0833. The molecule has 1 aromatic carbocycles. The second kappa shape index (κ2) is 5.51. The number of para-hydroxylation sites is 1. The zero-order valence-electron chi connectivity index (χ0n) is 8.39. The van der Waals surface area contributed by atoms with Crippen LogP contribution in [0.5, 0.6) is 0 Å². The van der Waals surface area contributed by atoms with Gasteiger partial charge in [0.25, 0.3) is 0 Å². The summed E-state index contributed by atoms with van der Waals surface area (Å²) in [5, 5.41) is 1.23. The Balaban J connectivity index is 0.00000112. The van der Waals surface area contributed by atoms with Crippen LogP contribution < -0.4 is 10.1 Å². The van der Waals surface area contributed by atoms with E-state index in [0.29, 0.717) is 0 Å². The summed E-state index contributed by atoms with van der Waals surface area (Å²) in [5.74, 6) is 0. The number of rotatable bonds is 3. The van der Waals surface area contributed by atoms with Gasteiger partial charge in [-0.25, -0.2) is 0 Å². The second-order valence-electron chi connectivity index (χ2n) is 3.09. The van der Waals surface area contributed by atoms with Gasteiger partial charge in [0.05, 0.1) is 6.54 Å². The quantitative estimate of drug-likeness (QED) is 0.666. The van der Waals surface area contributed by atoms with Gasteiger partial charge in [-0.15, -0.1) is 23.6 Å². The van der Waals surface area contributed by atoms with E-state index in [1.54, 1.807) is 0 Å². The number of hydrogen-bond donors (Lipinski definition) is 1. The molecular weight excluding hydrogens is 252 g/mol. The highest BCUT2D eigenvalue weighted by atomic mass is 79.9. The van der Waals surface area contributed by atoms with Gasteiger partial charge in [-0.2, -0.15) is 5.43 Å². The van der Waals surface area contributed by atoms with Crippen LogP contribution in [0.3, 0.4) is 0 Å². The Morgan fingerprint density at radius 3 is 2.73 bits per heavy atom. The summed E-state index contributed by atoms with van der Waals surface area (Å²) in [5.41, 5.74) is 4.41. The third-order valence-electron chi connectivity index (χ3n) is 2.11. The van der Waals surface area contributed by atoms with E-state index < -0.39 is 0 Å². The number of nitrogens with zero attached hydrogens (tertiary/aromatic N) is 1. The van der Waals surface area contributed by atoms with Crippen LogP contribution >= 0.6 is 17.0 Å². The zero-order chi connectivity index (χ0) is 9.80. The number of benzene rings is 1. The van der Waals surface area contributed by atoms with Crippen LogP contribution in [0.1, 0.15) is 0 Å². The first-order valence-electron chi connectivity index (χ1n) is 4.66. The zero-order valence-corrected chi connectivity index (χ0v) is 10.1. The Morgan fingerprint density at radius 2 is 1.93 bits per heavy atom. The van der Waals surface area contributed by atoms with E-state index in [1.807, 2.05) is 35.1 Å². The molecule has 0 saturated heterocycles. The van der Waals surface area contributed by atoms with E-state index in [4.69, 9.17) is 0 Å². The van der Waals surface area contributed by atoms with E-state index in [-0.39, 0.29) is 17.0 Å². The molecule has 0 atom stereocenters. The van der Waals surface area contributed by atoms with Crippen LogP contribution in [0.4, 0.5) is 0 Å². The largest absolute Gasteiger partial charge is 0.242 e. The Labute approximate surface area is 100.0 Å². The summed E-state index contributed by atoms with van der Waals surface area (Å²) in [6, 6.07) is 12.4. The van der Waals surface area contributed by atoms with E-state index in [9.17, 15) is 0 Å². The standard InChI is InChI=1S/C12H13N2.BrH/c1-2-9-13-14-10-5-7-11-6-3-4-8-12(11)14;/h2-8,10,13H,1,9H2;1H/q+1;. The average molecular weight is 266 g/mol. The van der Waals surface area contributed by atoms with Gasteiger partial charge in [-0.1, -0.05) is 22.9 Å². The molecule has 0 bridgehead atoms. The number of pyridine rings is 1. The maximum absolute atomic E-state index is 3.68. The van der Waals surface area contributed by atoms with Crippen LogP contribution in [0.25, 0.3) is 10.9 Å². The van der Waals surface area contributed by atoms with Crippen LogP contribution in [-0.4, -0.2) is 6.54 Å². The Morgan fingerprint density at radius 1 is 1.20 bits per heavy atom. The number of nitrogens with one attached hydrogen (secondary N) is 1. The third-order valence-corrected chi connectivity index (χ3v) is 2.11. The molecule has 0 radical (unpaired) electrons. The fourth-order valence-electron chi connectivity index (χ4n) is 1.46. The van der Waals surface area contributed by atoms with Gasteiger partial charge in [-0.05, 0) is 12.1 Å². The molecule has 0 fully saturated rings. The molecule has 0 amide bonds. The molecular formula is C12H14BrN2+. The van der Waals surface area contributed by atoms with Gasteiger partial charge in [0, 0.05) is 17.5 Å². The number of fused-ring (bicyclic) bond motifs is 1. The molecule has 0 saturated carbocycles. The van der Waals surface area contributed by atoms with Crippen LogP contribution in [-0.2, 0) is 0 Å². The lowest BCUT2D eigenvalue weighted by Gasteiger charge is -1.99. The highest BCUT2D eigenvalue weighted by Gasteiger charge is 2.04. The normalized spacial score (nSPS) is 9.33. The predicted molar refractivity (Wildman–Crippen MR) is 68.9 cm³/mol. The number of hydrogen-bond acceptors (Lipinski definition) is 1. The van der Waals surface area contributed by atoms with E-state index in [1.165, 1.54) is 10.9 Å². The van der Waals surface area contributed by atoms with Crippen LogP contribution in [0.15, 0.2) is 55.3 Å². The Hall–Kier alpha value is -1.35. The first kappa shape index (κ1) is 11.7. The highest BCUT2D eigenvalue weighted by Crippen LogP contribution is 2.06. The van der Waals surface area contributed by atoms with Gasteiger partial charge in [0.2, 0.25) is 5.52 Å². The topological polar surface area (TPSA) is 15.9 Å². The van der Waals surface area contributed by atoms with Crippen molar-refractivity contribution in [2.45, 2.75) is 0 Å². The molecule has 0 spiro atoms. The van der Waals surface area contributed by atoms with Gasteiger partial charge >= 0.3 is 0 Å². The number of halogens is 1. The van der Waals surface area contributed by atoms with Crippen molar-refractivity contribution < 1.29 is 4.68 Å². The minimum Gasteiger partial charge on any atom is -0.189 e. The minimum absolute atomic E-state index is 0. The molecule has 0 aliphatic rings. The lowest BCUT2D eigenvalue weighted by molar-refractivity contribution is -0.622. The van der Waals surface area contributed by atoms with Crippen LogP contribution in [0.2, 0.25) is 0 Å². The van der Waals surface area contributed by atoms with Crippen molar-refractivity contribution in [3.8, 4) is 0 Å². The van der Waals surface area contributed by atoms with E-state index in [2.05, 4.69) is 30.2 Å². The summed E-state index contributed by atoms with van der Waals surface area (Å²) in [7, 11) is 0. The van der Waals surface area contributed by atoms with Crippen molar-refractivity contribution in [2.75, 3.05) is 12.0 Å². The van der Waals surface area contributed by atoms with Crippen molar-refractivity contribution in [3.63, 3.8) is 0 Å². The monoisotopic (exact) mass is 265 g/mol. The van der Waals surface area contributed by atoms with Gasteiger partial charge in [0.1, 0.15) is 0 Å². The lowest BCUT2D eigenvalue weighted by Crippen LogP contribution is -2.45. The summed E-state index contributed by atoms with van der Waals surface area (Å²) < 4.78 is 2.01. The maximum atomic E-state index is 3.68. The highest BCUT2D eigenvalue weighted by molar-refractivity contribution is 8.93. The molecule has 0 unspecified atom stereocenters. The molecule has 0 aliphatic heterocycles. The summed E-state index contributed by atoms with van der Waals surface area (Å²) >= 11 is 0. The van der Waals surface area contributed by atoms with Gasteiger partial charge in [0.15, 0.2) is 6.20 Å². The molecule has 78 valence electrons. The smallest absolute Gasteiger partial charge is 0.189 e. The first-order valence-corrected chi connectivity index (χ1v) is 4.66. The molecule has 1 aromatic heterocycles. The molecule has 1 heterocycles. The van der Waals surface area contributed by atoms with E-state index in [0.717, 1.165) is 6.54 Å². The summed E-state index contributed by atoms with van der Waals surface area (Å²) in [6.07, 6.45) is 3.85. The van der Waals surface area contributed by atoms with Crippen molar-refractivity contribution in [2.24, 2.45) is 0 Å². The van der Waals surface area contributed by atoms with Crippen molar-refractivity contribution in [1.29, 1.82) is 0 Å². The molecule has 2 rings (SSSR count). The molecule has 2 aromatic rings. The van der Waals surface area contributed by atoms with Crippen molar-refractivity contribution in [3.05, 3.63) is 55.3 Å². The Kier molecular flexibility index (Phi) is 4.31. The minimum atomic E-state index is 0. The van der Waals surface area contributed by atoms with Crippen LogP contribution in [0, 0.1) is 0 Å². The number of aromatic nitrogens is 1.